The molecule has 0 saturated carbocycles. The largest absolute Gasteiger partial charge is 0.379 e. The molecule has 1 amide bonds. The molecule has 1 fully saturated rings. The Labute approximate surface area is 140 Å². The van der Waals surface area contributed by atoms with Crippen molar-refractivity contribution in [2.45, 2.75) is 13.3 Å². The molecule has 0 atom stereocenters. The number of morpholine rings is 1. The zero-order chi connectivity index (χ0) is 15.8. The van der Waals surface area contributed by atoms with Gasteiger partial charge in [-0.3, -0.25) is 9.69 Å². The number of nitrogens with one attached hydrogen (secondary N) is 2. The van der Waals surface area contributed by atoms with Crippen LogP contribution in [-0.2, 0) is 9.53 Å². The summed E-state index contributed by atoms with van der Waals surface area (Å²) >= 11 is 3.47. The number of rotatable bonds is 7. The third-order valence-electron chi connectivity index (χ3n) is 3.67. The summed E-state index contributed by atoms with van der Waals surface area (Å²) in [5.74, 6) is -0.0119. The van der Waals surface area contributed by atoms with Crippen molar-refractivity contribution in [3.05, 3.63) is 28.2 Å². The average Bonchev–Trinajstić information content (AvgIpc) is 2.52. The Morgan fingerprint density at radius 1 is 1.36 bits per heavy atom. The van der Waals surface area contributed by atoms with Crippen LogP contribution in [0.3, 0.4) is 0 Å². The summed E-state index contributed by atoms with van der Waals surface area (Å²) in [6.45, 7) is 7.97. The standard InChI is InChI=1S/C16H24BrN3O2/c1-13-3-4-14(11-15(13)17)19-16(21)12-18-5-2-6-20-7-9-22-10-8-20/h3-4,11,18H,2,5-10,12H2,1H3,(H,19,21). The highest BCUT2D eigenvalue weighted by Crippen LogP contribution is 2.20. The first-order chi connectivity index (χ1) is 10.6. The van der Waals surface area contributed by atoms with Crippen molar-refractivity contribution in [3.8, 4) is 0 Å². The van der Waals surface area contributed by atoms with Crippen LogP contribution in [0.4, 0.5) is 5.69 Å². The van der Waals surface area contributed by atoms with Crippen molar-refractivity contribution in [2.24, 2.45) is 0 Å². The molecule has 2 N–H and O–H groups in total. The van der Waals surface area contributed by atoms with Gasteiger partial charge in [0.2, 0.25) is 5.91 Å². The maximum Gasteiger partial charge on any atom is 0.238 e. The van der Waals surface area contributed by atoms with Crippen LogP contribution in [0.2, 0.25) is 0 Å². The summed E-state index contributed by atoms with van der Waals surface area (Å²) in [7, 11) is 0. The van der Waals surface area contributed by atoms with Crippen molar-refractivity contribution < 1.29 is 9.53 Å². The van der Waals surface area contributed by atoms with Gasteiger partial charge in [0, 0.05) is 23.2 Å². The zero-order valence-corrected chi connectivity index (χ0v) is 14.6. The minimum absolute atomic E-state index is 0.0119. The van der Waals surface area contributed by atoms with E-state index in [-0.39, 0.29) is 5.91 Å². The van der Waals surface area contributed by atoms with Crippen molar-refractivity contribution in [3.63, 3.8) is 0 Å². The van der Waals surface area contributed by atoms with Gasteiger partial charge in [0.25, 0.3) is 0 Å². The zero-order valence-electron chi connectivity index (χ0n) is 13.0. The SMILES string of the molecule is Cc1ccc(NC(=O)CNCCCN2CCOCC2)cc1Br. The number of carbonyl (C=O) groups is 1. The number of hydrogen-bond acceptors (Lipinski definition) is 4. The van der Waals surface area contributed by atoms with Crippen LogP contribution in [-0.4, -0.2) is 56.7 Å². The molecule has 1 saturated heterocycles. The molecule has 1 aliphatic heterocycles. The highest BCUT2D eigenvalue weighted by Gasteiger charge is 2.09. The molecule has 1 heterocycles. The predicted molar refractivity (Wildman–Crippen MR) is 92.3 cm³/mol. The Balaban J connectivity index is 1.58. The Bertz CT molecular complexity index is 490. The lowest BCUT2D eigenvalue weighted by Gasteiger charge is -2.26. The van der Waals surface area contributed by atoms with Crippen LogP contribution in [0, 0.1) is 6.92 Å². The van der Waals surface area contributed by atoms with E-state index in [1.165, 1.54) is 0 Å². The minimum atomic E-state index is -0.0119. The number of ether oxygens (including phenoxy) is 1. The molecule has 1 aromatic carbocycles. The molecule has 22 heavy (non-hydrogen) atoms. The van der Waals surface area contributed by atoms with Crippen LogP contribution in [0.25, 0.3) is 0 Å². The number of anilines is 1. The molecule has 0 unspecified atom stereocenters. The van der Waals surface area contributed by atoms with Gasteiger partial charge in [0.15, 0.2) is 0 Å². The third kappa shape index (κ3) is 6.04. The topological polar surface area (TPSA) is 53.6 Å². The van der Waals surface area contributed by atoms with Gasteiger partial charge in [-0.25, -0.2) is 0 Å². The average molecular weight is 370 g/mol. The second-order valence-electron chi connectivity index (χ2n) is 5.50. The van der Waals surface area contributed by atoms with Crippen LogP contribution in [0.1, 0.15) is 12.0 Å². The summed E-state index contributed by atoms with van der Waals surface area (Å²) in [6, 6.07) is 5.82. The molecule has 1 aliphatic rings. The Hall–Kier alpha value is -0.950. The van der Waals surface area contributed by atoms with Gasteiger partial charge in [0.05, 0.1) is 19.8 Å². The van der Waals surface area contributed by atoms with E-state index < -0.39 is 0 Å². The first-order valence-electron chi connectivity index (χ1n) is 7.72. The predicted octanol–water partition coefficient (Wildman–Crippen LogP) is 2.01. The van der Waals surface area contributed by atoms with Crippen LogP contribution in [0.15, 0.2) is 22.7 Å². The molecule has 0 radical (unpaired) electrons. The van der Waals surface area contributed by atoms with E-state index in [0.717, 1.165) is 61.5 Å². The van der Waals surface area contributed by atoms with E-state index in [2.05, 4.69) is 31.5 Å². The first kappa shape index (κ1) is 17.4. The van der Waals surface area contributed by atoms with E-state index in [0.29, 0.717) is 6.54 Å². The molecular formula is C16H24BrN3O2. The molecule has 0 bridgehead atoms. The number of hydrogen-bond donors (Lipinski definition) is 2. The molecule has 0 aromatic heterocycles. The smallest absolute Gasteiger partial charge is 0.238 e. The van der Waals surface area contributed by atoms with Gasteiger partial charge in [-0.05, 0) is 44.1 Å². The minimum Gasteiger partial charge on any atom is -0.379 e. The van der Waals surface area contributed by atoms with Crippen LogP contribution in [0.5, 0.6) is 0 Å². The molecular weight excluding hydrogens is 346 g/mol. The number of aryl methyl sites for hydroxylation is 1. The van der Waals surface area contributed by atoms with E-state index in [1.54, 1.807) is 0 Å². The van der Waals surface area contributed by atoms with Crippen molar-refractivity contribution in [1.82, 2.24) is 10.2 Å². The molecule has 0 aliphatic carbocycles. The van der Waals surface area contributed by atoms with E-state index in [1.807, 2.05) is 25.1 Å². The molecule has 2 rings (SSSR count). The maximum atomic E-state index is 11.9. The number of halogens is 1. The molecule has 5 nitrogen and oxygen atoms in total. The summed E-state index contributed by atoms with van der Waals surface area (Å²) in [6.07, 6.45) is 1.04. The number of benzene rings is 1. The van der Waals surface area contributed by atoms with Crippen LogP contribution < -0.4 is 10.6 Å². The van der Waals surface area contributed by atoms with Crippen molar-refractivity contribution >= 4 is 27.5 Å². The fourth-order valence-electron chi connectivity index (χ4n) is 2.33. The van der Waals surface area contributed by atoms with Crippen molar-refractivity contribution in [1.29, 1.82) is 0 Å². The van der Waals surface area contributed by atoms with E-state index in [9.17, 15) is 4.79 Å². The van der Waals surface area contributed by atoms with Gasteiger partial charge in [-0.1, -0.05) is 22.0 Å². The highest BCUT2D eigenvalue weighted by molar-refractivity contribution is 9.10. The fraction of sp³-hybridized carbons (Fsp3) is 0.562. The number of amides is 1. The van der Waals surface area contributed by atoms with Gasteiger partial charge in [-0.15, -0.1) is 0 Å². The van der Waals surface area contributed by atoms with Gasteiger partial charge in [0.1, 0.15) is 0 Å². The van der Waals surface area contributed by atoms with Crippen molar-refractivity contribution in [2.75, 3.05) is 51.3 Å². The summed E-state index contributed by atoms with van der Waals surface area (Å²) in [5, 5.41) is 6.08. The summed E-state index contributed by atoms with van der Waals surface area (Å²) in [4.78, 5) is 14.3. The Morgan fingerprint density at radius 3 is 2.86 bits per heavy atom. The second-order valence-corrected chi connectivity index (χ2v) is 6.35. The maximum absolute atomic E-state index is 11.9. The molecule has 1 aromatic rings. The molecule has 6 heteroatoms. The Morgan fingerprint density at radius 2 is 2.14 bits per heavy atom. The van der Waals surface area contributed by atoms with Crippen LogP contribution >= 0.6 is 15.9 Å². The normalized spacial score (nSPS) is 15.7. The molecule has 0 spiro atoms. The quantitative estimate of drug-likeness (QED) is 0.721. The lowest BCUT2D eigenvalue weighted by Crippen LogP contribution is -2.38. The lowest BCUT2D eigenvalue weighted by molar-refractivity contribution is -0.115. The third-order valence-corrected chi connectivity index (χ3v) is 4.53. The van der Waals surface area contributed by atoms with Gasteiger partial charge < -0.3 is 15.4 Å². The highest BCUT2D eigenvalue weighted by atomic mass is 79.9. The summed E-state index contributed by atoms with van der Waals surface area (Å²) < 4.78 is 6.32. The monoisotopic (exact) mass is 369 g/mol. The molecule has 122 valence electrons. The first-order valence-corrected chi connectivity index (χ1v) is 8.51. The fourth-order valence-corrected chi connectivity index (χ4v) is 2.71. The summed E-state index contributed by atoms with van der Waals surface area (Å²) in [5.41, 5.74) is 1.97. The lowest BCUT2D eigenvalue weighted by atomic mass is 10.2. The van der Waals surface area contributed by atoms with Gasteiger partial charge in [-0.2, -0.15) is 0 Å². The number of nitrogens with zero attached hydrogens (tertiary/aromatic N) is 1. The van der Waals surface area contributed by atoms with Gasteiger partial charge >= 0.3 is 0 Å². The van der Waals surface area contributed by atoms with E-state index >= 15 is 0 Å². The Kier molecular flexibility index (Phi) is 7.32. The second kappa shape index (κ2) is 9.25. The van der Waals surface area contributed by atoms with E-state index in [4.69, 9.17) is 4.74 Å². The number of carbonyl (C=O) groups excluding carboxylic acids is 1.